The second kappa shape index (κ2) is 6.65. The van der Waals surface area contributed by atoms with Gasteiger partial charge in [0.05, 0.1) is 17.4 Å². The number of Topliss-reactive ketones (excluding diaryl/α,β-unsaturated/α-hetero) is 1. The van der Waals surface area contributed by atoms with Gasteiger partial charge in [0.2, 0.25) is 5.78 Å². The molecule has 0 aliphatic carbocycles. The average Bonchev–Trinajstić information content (AvgIpc) is 3.33. The summed E-state index contributed by atoms with van der Waals surface area (Å²) in [5.41, 5.74) is 2.34. The summed E-state index contributed by atoms with van der Waals surface area (Å²) < 4.78 is 30.2. The van der Waals surface area contributed by atoms with Crippen molar-refractivity contribution in [3.05, 3.63) is 88.8 Å². The van der Waals surface area contributed by atoms with Gasteiger partial charge in [-0.05, 0) is 42.0 Å². The molecule has 3 heterocycles. The lowest BCUT2D eigenvalue weighted by molar-refractivity contribution is 0.0872. The normalized spacial score (nSPS) is 17.2. The van der Waals surface area contributed by atoms with Gasteiger partial charge in [0.1, 0.15) is 29.8 Å². The molecule has 5 nitrogen and oxygen atoms in total. The Morgan fingerprint density at radius 1 is 1.11 bits per heavy atom. The lowest BCUT2D eigenvalue weighted by atomic mass is 10.0. The zero-order valence-electron chi connectivity index (χ0n) is 14.9. The van der Waals surface area contributed by atoms with Crippen molar-refractivity contribution < 1.29 is 23.1 Å². The fourth-order valence-electron chi connectivity index (χ4n) is 3.46. The van der Waals surface area contributed by atoms with Crippen molar-refractivity contribution in [3.63, 3.8) is 0 Å². The van der Waals surface area contributed by atoms with Gasteiger partial charge in [0.15, 0.2) is 5.76 Å². The minimum Gasteiger partial charge on any atom is -0.478 e. The van der Waals surface area contributed by atoms with Gasteiger partial charge in [-0.2, -0.15) is 0 Å². The summed E-state index contributed by atoms with van der Waals surface area (Å²) in [5.74, 6) is 1.59. The van der Waals surface area contributed by atoms with Crippen LogP contribution in [0.1, 0.15) is 27.2 Å². The van der Waals surface area contributed by atoms with Crippen molar-refractivity contribution in [2.24, 2.45) is 0 Å². The van der Waals surface area contributed by atoms with Crippen LogP contribution < -0.4 is 9.47 Å². The zero-order chi connectivity index (χ0) is 19.1. The number of ether oxygens (including phenoxy) is 2. The van der Waals surface area contributed by atoms with Crippen molar-refractivity contribution >= 4 is 11.9 Å². The summed E-state index contributed by atoms with van der Waals surface area (Å²) >= 11 is 0. The number of halogens is 1. The van der Waals surface area contributed by atoms with E-state index in [1.807, 2.05) is 0 Å². The van der Waals surface area contributed by atoms with Gasteiger partial charge in [-0.1, -0.05) is 12.1 Å². The Kier molecular flexibility index (Phi) is 3.98. The molecule has 0 radical (unpaired) electrons. The van der Waals surface area contributed by atoms with Gasteiger partial charge in [-0.25, -0.2) is 4.39 Å². The minimum atomic E-state index is -0.260. The number of furan rings is 1. The van der Waals surface area contributed by atoms with Gasteiger partial charge in [0.25, 0.3) is 0 Å². The van der Waals surface area contributed by atoms with Gasteiger partial charge >= 0.3 is 0 Å². The molecule has 0 N–H and O–H groups in total. The SMILES string of the molecule is O=C1/C(=C/c2ccco2)Oc2c1ccc1c2CN(Cc2ccc(F)cc2)CO1. The minimum absolute atomic E-state index is 0.176. The maximum Gasteiger partial charge on any atom is 0.232 e. The highest BCUT2D eigenvalue weighted by Crippen LogP contribution is 2.42. The Morgan fingerprint density at radius 3 is 2.75 bits per heavy atom. The van der Waals surface area contributed by atoms with E-state index in [2.05, 4.69) is 4.90 Å². The molecule has 2 aromatic carbocycles. The summed E-state index contributed by atoms with van der Waals surface area (Å²) in [5, 5.41) is 0. The molecular formula is C22H16FNO4. The van der Waals surface area contributed by atoms with Crippen LogP contribution in [0.5, 0.6) is 11.5 Å². The molecule has 0 spiro atoms. The monoisotopic (exact) mass is 377 g/mol. The number of ketones is 1. The molecule has 0 unspecified atom stereocenters. The van der Waals surface area contributed by atoms with Crippen LogP contribution in [0.2, 0.25) is 0 Å². The maximum atomic E-state index is 13.1. The Labute approximate surface area is 160 Å². The van der Waals surface area contributed by atoms with Crippen molar-refractivity contribution in [1.29, 1.82) is 0 Å². The molecule has 0 saturated heterocycles. The molecule has 2 aliphatic heterocycles. The number of benzene rings is 2. The van der Waals surface area contributed by atoms with Crippen molar-refractivity contribution in [3.8, 4) is 11.5 Å². The van der Waals surface area contributed by atoms with Crippen molar-refractivity contribution in [2.45, 2.75) is 13.1 Å². The molecule has 1 aromatic heterocycles. The fourth-order valence-corrected chi connectivity index (χ4v) is 3.46. The van der Waals surface area contributed by atoms with Crippen molar-refractivity contribution in [1.82, 2.24) is 4.90 Å². The lowest BCUT2D eigenvalue weighted by Gasteiger charge is -2.29. The van der Waals surface area contributed by atoms with Crippen molar-refractivity contribution in [2.75, 3.05) is 6.73 Å². The van der Waals surface area contributed by atoms with Crippen LogP contribution in [0.25, 0.3) is 6.08 Å². The second-order valence-electron chi connectivity index (χ2n) is 6.76. The number of carbonyl (C=O) groups excluding carboxylic acids is 1. The first-order valence-corrected chi connectivity index (χ1v) is 8.90. The number of rotatable bonds is 3. The molecule has 0 atom stereocenters. The Morgan fingerprint density at radius 2 is 1.96 bits per heavy atom. The van der Waals surface area contributed by atoms with E-state index in [-0.39, 0.29) is 17.4 Å². The summed E-state index contributed by atoms with van der Waals surface area (Å²) in [6.45, 7) is 1.58. The van der Waals surface area contributed by atoms with E-state index in [9.17, 15) is 9.18 Å². The zero-order valence-corrected chi connectivity index (χ0v) is 14.9. The third kappa shape index (κ3) is 2.97. The molecule has 6 heteroatoms. The summed E-state index contributed by atoms with van der Waals surface area (Å²) in [7, 11) is 0. The van der Waals surface area contributed by atoms with Crippen LogP contribution in [-0.2, 0) is 13.1 Å². The van der Waals surface area contributed by atoms with E-state index in [1.54, 1.807) is 48.7 Å². The van der Waals surface area contributed by atoms with Crippen LogP contribution in [0, 0.1) is 5.82 Å². The number of hydrogen-bond donors (Lipinski definition) is 0. The highest BCUT2D eigenvalue weighted by Gasteiger charge is 2.33. The van der Waals surface area contributed by atoms with E-state index >= 15 is 0 Å². The fraction of sp³-hybridized carbons (Fsp3) is 0.136. The Hall–Kier alpha value is -3.38. The number of carbonyl (C=O) groups is 1. The van der Waals surface area contributed by atoms with E-state index in [4.69, 9.17) is 13.9 Å². The predicted octanol–water partition coefficient (Wildman–Crippen LogP) is 4.39. The van der Waals surface area contributed by atoms with E-state index in [0.29, 0.717) is 42.6 Å². The molecule has 3 aromatic rings. The number of nitrogens with zero attached hydrogens (tertiary/aromatic N) is 1. The van der Waals surface area contributed by atoms with Crippen LogP contribution in [-0.4, -0.2) is 17.4 Å². The molecule has 5 rings (SSSR count). The van der Waals surface area contributed by atoms with Gasteiger partial charge < -0.3 is 13.9 Å². The molecule has 0 bridgehead atoms. The van der Waals surface area contributed by atoms with Crippen LogP contribution in [0.15, 0.2) is 65.0 Å². The average molecular weight is 377 g/mol. The smallest absolute Gasteiger partial charge is 0.232 e. The lowest BCUT2D eigenvalue weighted by Crippen LogP contribution is -2.31. The predicted molar refractivity (Wildman–Crippen MR) is 99.2 cm³/mol. The molecule has 2 aliphatic rings. The third-order valence-corrected chi connectivity index (χ3v) is 4.82. The first-order chi connectivity index (χ1) is 13.7. The number of fused-ring (bicyclic) bond motifs is 3. The highest BCUT2D eigenvalue weighted by atomic mass is 19.1. The third-order valence-electron chi connectivity index (χ3n) is 4.82. The molecular weight excluding hydrogens is 361 g/mol. The summed E-state index contributed by atoms with van der Waals surface area (Å²) in [6, 6.07) is 13.4. The van der Waals surface area contributed by atoms with E-state index in [1.165, 1.54) is 12.1 Å². The van der Waals surface area contributed by atoms with Crippen LogP contribution >= 0.6 is 0 Å². The number of allylic oxidation sites excluding steroid dienone is 1. The molecule has 0 saturated carbocycles. The molecule has 0 fully saturated rings. The van der Waals surface area contributed by atoms with Gasteiger partial charge in [-0.15, -0.1) is 0 Å². The Bertz CT molecular complexity index is 1070. The topological polar surface area (TPSA) is 51.9 Å². The molecule has 28 heavy (non-hydrogen) atoms. The quantitative estimate of drug-likeness (QED) is 0.634. The second-order valence-corrected chi connectivity index (χ2v) is 6.76. The van der Waals surface area contributed by atoms with E-state index in [0.717, 1.165) is 11.1 Å². The number of hydrogen-bond acceptors (Lipinski definition) is 5. The standard InChI is InChI=1S/C22H16FNO4/c23-15-5-3-14(4-6-15)11-24-12-18-19(27-13-24)8-7-17-21(25)20(28-22(17)18)10-16-2-1-9-26-16/h1-10H,11-13H2/b20-10-. The maximum absolute atomic E-state index is 13.1. The molecule has 140 valence electrons. The first-order valence-electron chi connectivity index (χ1n) is 8.90. The highest BCUT2D eigenvalue weighted by molar-refractivity contribution is 6.14. The summed E-state index contributed by atoms with van der Waals surface area (Å²) in [4.78, 5) is 14.8. The first kappa shape index (κ1) is 16.8. The van der Waals surface area contributed by atoms with Crippen LogP contribution in [0.4, 0.5) is 4.39 Å². The Balaban J connectivity index is 1.42. The molecule has 0 amide bonds. The largest absolute Gasteiger partial charge is 0.478 e. The van der Waals surface area contributed by atoms with Gasteiger partial charge in [0, 0.05) is 19.2 Å². The van der Waals surface area contributed by atoms with Crippen LogP contribution in [0.3, 0.4) is 0 Å². The summed E-state index contributed by atoms with van der Waals surface area (Å²) in [6.07, 6.45) is 3.14. The van der Waals surface area contributed by atoms with E-state index < -0.39 is 0 Å². The van der Waals surface area contributed by atoms with Gasteiger partial charge in [-0.3, -0.25) is 9.69 Å².